The van der Waals surface area contributed by atoms with Gasteiger partial charge < -0.3 is 15.3 Å². The first-order valence-electron chi connectivity index (χ1n) is 7.15. The Bertz CT molecular complexity index is 533. The Labute approximate surface area is 127 Å². The fraction of sp³-hybridized carbons (Fsp3) is 0.533. The summed E-state index contributed by atoms with van der Waals surface area (Å²) in [5.41, 5.74) is 0.645. The van der Waals surface area contributed by atoms with Gasteiger partial charge in [0.2, 0.25) is 0 Å². The summed E-state index contributed by atoms with van der Waals surface area (Å²) in [7, 11) is -1.07. The van der Waals surface area contributed by atoms with E-state index < -0.39 is 16.9 Å². The predicted molar refractivity (Wildman–Crippen MR) is 83.8 cm³/mol. The topological polar surface area (TPSA) is 69.6 Å². The van der Waals surface area contributed by atoms with Gasteiger partial charge in [-0.2, -0.15) is 0 Å². The molecule has 0 spiro atoms. The van der Waals surface area contributed by atoms with Gasteiger partial charge in [0.25, 0.3) is 0 Å². The molecular formula is C15H22N2O3S. The fourth-order valence-electron chi connectivity index (χ4n) is 2.54. The number of rotatable bonds is 3. The summed E-state index contributed by atoms with van der Waals surface area (Å²) >= 11 is 0. The van der Waals surface area contributed by atoms with Gasteiger partial charge >= 0.3 is 6.03 Å². The van der Waals surface area contributed by atoms with Crippen molar-refractivity contribution in [3.8, 4) is 0 Å². The molecule has 6 heteroatoms. The lowest BCUT2D eigenvalue weighted by molar-refractivity contribution is 0.0766. The SMILES string of the molecule is CC(O)C1CCCN(C(=O)Nc2cccc(S(C)=O)c2)C1. The number of aliphatic hydroxyl groups excluding tert-OH is 1. The van der Waals surface area contributed by atoms with Crippen molar-refractivity contribution in [3.63, 3.8) is 0 Å². The van der Waals surface area contributed by atoms with E-state index in [1.807, 2.05) is 0 Å². The van der Waals surface area contributed by atoms with Crippen LogP contribution in [-0.4, -0.2) is 45.7 Å². The Kier molecular flexibility index (Phi) is 5.36. The van der Waals surface area contributed by atoms with Gasteiger partial charge in [0.05, 0.1) is 6.10 Å². The van der Waals surface area contributed by atoms with Crippen LogP contribution in [0.5, 0.6) is 0 Å². The van der Waals surface area contributed by atoms with Crippen molar-refractivity contribution in [1.82, 2.24) is 4.90 Å². The maximum absolute atomic E-state index is 12.3. The second-order valence-corrected chi connectivity index (χ2v) is 6.88. The first-order chi connectivity index (χ1) is 9.97. The fourth-order valence-corrected chi connectivity index (χ4v) is 3.11. The quantitative estimate of drug-likeness (QED) is 0.897. The van der Waals surface area contributed by atoms with Crippen LogP contribution in [0, 0.1) is 5.92 Å². The first kappa shape index (κ1) is 16.0. The minimum atomic E-state index is -1.07. The van der Waals surface area contributed by atoms with Crippen molar-refractivity contribution in [3.05, 3.63) is 24.3 Å². The number of hydrogen-bond donors (Lipinski definition) is 2. The number of carbonyl (C=O) groups excluding carboxylic acids is 1. The molecule has 1 aliphatic heterocycles. The third-order valence-electron chi connectivity index (χ3n) is 3.84. The summed E-state index contributed by atoms with van der Waals surface area (Å²) in [4.78, 5) is 14.7. The van der Waals surface area contributed by atoms with Crippen LogP contribution in [0.2, 0.25) is 0 Å². The van der Waals surface area contributed by atoms with Gasteiger partial charge in [-0.3, -0.25) is 4.21 Å². The van der Waals surface area contributed by atoms with Crippen molar-refractivity contribution < 1.29 is 14.1 Å². The molecule has 3 unspecified atom stereocenters. The minimum absolute atomic E-state index is 0.138. The molecule has 1 fully saturated rings. The first-order valence-corrected chi connectivity index (χ1v) is 8.70. The van der Waals surface area contributed by atoms with Crippen molar-refractivity contribution in [2.24, 2.45) is 5.92 Å². The lowest BCUT2D eigenvalue weighted by Crippen LogP contribution is -2.44. The van der Waals surface area contributed by atoms with Crippen molar-refractivity contribution in [2.75, 3.05) is 24.7 Å². The summed E-state index contributed by atoms with van der Waals surface area (Å²) in [5.74, 6) is 0.138. The molecule has 21 heavy (non-hydrogen) atoms. The van der Waals surface area contributed by atoms with Crippen LogP contribution in [0.25, 0.3) is 0 Å². The smallest absolute Gasteiger partial charge is 0.321 e. The molecule has 1 heterocycles. The number of aliphatic hydroxyl groups is 1. The van der Waals surface area contributed by atoms with E-state index in [4.69, 9.17) is 0 Å². The van der Waals surface area contributed by atoms with Crippen LogP contribution < -0.4 is 5.32 Å². The molecule has 0 aliphatic carbocycles. The molecule has 3 atom stereocenters. The van der Waals surface area contributed by atoms with E-state index in [9.17, 15) is 14.1 Å². The van der Waals surface area contributed by atoms with Gasteiger partial charge in [-0.25, -0.2) is 4.79 Å². The Hall–Kier alpha value is -1.40. The Morgan fingerprint density at radius 1 is 1.52 bits per heavy atom. The summed E-state index contributed by atoms with van der Waals surface area (Å²) in [6.45, 7) is 3.05. The number of nitrogens with zero attached hydrogens (tertiary/aromatic N) is 1. The zero-order valence-electron chi connectivity index (χ0n) is 12.4. The molecular weight excluding hydrogens is 288 g/mol. The van der Waals surface area contributed by atoms with E-state index in [1.165, 1.54) is 0 Å². The summed E-state index contributed by atoms with van der Waals surface area (Å²) < 4.78 is 11.5. The molecule has 0 aromatic heterocycles. The van der Waals surface area contributed by atoms with E-state index in [2.05, 4.69) is 5.32 Å². The molecule has 0 saturated carbocycles. The van der Waals surface area contributed by atoms with Crippen molar-refractivity contribution >= 4 is 22.5 Å². The van der Waals surface area contributed by atoms with Gasteiger partial charge in [0.1, 0.15) is 0 Å². The molecule has 2 rings (SSSR count). The average Bonchev–Trinajstić information content (AvgIpc) is 2.47. The van der Waals surface area contributed by atoms with E-state index in [0.29, 0.717) is 23.7 Å². The standard InChI is InChI=1S/C15H22N2O3S/c1-11(18)12-5-4-8-17(10-12)15(19)16-13-6-3-7-14(9-13)21(2)20/h3,6-7,9,11-12,18H,4-5,8,10H2,1-2H3,(H,16,19). The van der Waals surface area contributed by atoms with Crippen molar-refractivity contribution in [2.45, 2.75) is 30.8 Å². The molecule has 116 valence electrons. The largest absolute Gasteiger partial charge is 0.393 e. The van der Waals surface area contributed by atoms with E-state index >= 15 is 0 Å². The van der Waals surface area contributed by atoms with Crippen LogP contribution in [0.3, 0.4) is 0 Å². The van der Waals surface area contributed by atoms with E-state index in [-0.39, 0.29) is 11.9 Å². The molecule has 2 amide bonds. The van der Waals surface area contributed by atoms with Crippen LogP contribution in [0.4, 0.5) is 10.5 Å². The number of carbonyl (C=O) groups is 1. The highest BCUT2D eigenvalue weighted by Gasteiger charge is 2.26. The monoisotopic (exact) mass is 310 g/mol. The lowest BCUT2D eigenvalue weighted by Gasteiger charge is -2.34. The third kappa shape index (κ3) is 4.28. The molecule has 1 aromatic rings. The highest BCUT2D eigenvalue weighted by Crippen LogP contribution is 2.21. The molecule has 0 bridgehead atoms. The van der Waals surface area contributed by atoms with Crippen molar-refractivity contribution in [1.29, 1.82) is 0 Å². The number of anilines is 1. The van der Waals surface area contributed by atoms with Crippen LogP contribution >= 0.6 is 0 Å². The zero-order valence-corrected chi connectivity index (χ0v) is 13.2. The molecule has 1 saturated heterocycles. The third-order valence-corrected chi connectivity index (χ3v) is 4.76. The average molecular weight is 310 g/mol. The molecule has 1 aliphatic rings. The van der Waals surface area contributed by atoms with Gasteiger partial charge in [-0.1, -0.05) is 6.07 Å². The van der Waals surface area contributed by atoms with Gasteiger partial charge in [-0.15, -0.1) is 0 Å². The van der Waals surface area contributed by atoms with Crippen LogP contribution in [-0.2, 0) is 10.8 Å². The van der Waals surface area contributed by atoms with Gasteiger partial charge in [0.15, 0.2) is 0 Å². The summed E-state index contributed by atoms with van der Waals surface area (Å²) in [6, 6.07) is 6.89. The molecule has 5 nitrogen and oxygen atoms in total. The number of hydrogen-bond acceptors (Lipinski definition) is 3. The molecule has 0 radical (unpaired) electrons. The summed E-state index contributed by atoms with van der Waals surface area (Å²) in [5, 5.41) is 12.5. The van der Waals surface area contributed by atoms with E-state index in [1.54, 1.807) is 42.3 Å². The minimum Gasteiger partial charge on any atom is -0.393 e. The Balaban J connectivity index is 2.01. The maximum atomic E-state index is 12.3. The number of piperidine rings is 1. The number of amides is 2. The van der Waals surface area contributed by atoms with Crippen LogP contribution in [0.1, 0.15) is 19.8 Å². The van der Waals surface area contributed by atoms with Gasteiger partial charge in [0, 0.05) is 46.6 Å². The number of benzene rings is 1. The number of urea groups is 1. The second kappa shape index (κ2) is 7.04. The highest BCUT2D eigenvalue weighted by atomic mass is 32.2. The highest BCUT2D eigenvalue weighted by molar-refractivity contribution is 7.84. The molecule has 2 N–H and O–H groups in total. The Morgan fingerprint density at radius 3 is 2.95 bits per heavy atom. The number of nitrogens with one attached hydrogen (secondary N) is 1. The Morgan fingerprint density at radius 2 is 2.29 bits per heavy atom. The van der Waals surface area contributed by atoms with E-state index in [0.717, 1.165) is 12.8 Å². The maximum Gasteiger partial charge on any atom is 0.321 e. The lowest BCUT2D eigenvalue weighted by atomic mass is 9.94. The number of likely N-dealkylation sites (tertiary alicyclic amines) is 1. The second-order valence-electron chi connectivity index (χ2n) is 5.50. The van der Waals surface area contributed by atoms with Crippen LogP contribution in [0.15, 0.2) is 29.2 Å². The zero-order chi connectivity index (χ0) is 15.4. The molecule has 1 aromatic carbocycles. The predicted octanol–water partition coefficient (Wildman–Crippen LogP) is 2.05. The van der Waals surface area contributed by atoms with Gasteiger partial charge in [-0.05, 0) is 38.0 Å². The normalized spacial score (nSPS) is 21.7. The summed E-state index contributed by atoms with van der Waals surface area (Å²) in [6.07, 6.45) is 3.07.